The lowest BCUT2D eigenvalue weighted by molar-refractivity contribution is -0.123. The fourth-order valence-corrected chi connectivity index (χ4v) is 4.23. The highest BCUT2D eigenvalue weighted by atomic mass is 16.3. The van der Waals surface area contributed by atoms with Crippen molar-refractivity contribution in [1.29, 1.82) is 0 Å². The van der Waals surface area contributed by atoms with E-state index in [0.717, 1.165) is 18.4 Å². The van der Waals surface area contributed by atoms with Crippen LogP contribution in [0.15, 0.2) is 30.3 Å². The number of aliphatic hydroxyl groups excluding tert-OH is 1. The first kappa shape index (κ1) is 13.1. The second kappa shape index (κ2) is 4.92. The lowest BCUT2D eigenvalue weighted by Crippen LogP contribution is -2.63. The lowest BCUT2D eigenvalue weighted by Gasteiger charge is -2.62. The minimum Gasteiger partial charge on any atom is -0.396 e. The van der Waals surface area contributed by atoms with Crippen LogP contribution in [0.5, 0.6) is 0 Å². The van der Waals surface area contributed by atoms with Crippen molar-refractivity contribution >= 4 is 0 Å². The van der Waals surface area contributed by atoms with Gasteiger partial charge in [0.2, 0.25) is 0 Å². The van der Waals surface area contributed by atoms with Crippen LogP contribution in [0.1, 0.15) is 32.3 Å². The van der Waals surface area contributed by atoms with E-state index in [1.807, 2.05) is 0 Å². The molecular formula is C17H25NO. The van der Waals surface area contributed by atoms with Gasteiger partial charge in [0, 0.05) is 19.2 Å². The largest absolute Gasteiger partial charge is 0.396 e. The van der Waals surface area contributed by atoms with E-state index in [4.69, 9.17) is 0 Å². The van der Waals surface area contributed by atoms with E-state index in [1.165, 1.54) is 18.4 Å². The number of hydrogen-bond acceptors (Lipinski definition) is 2. The molecule has 0 radical (unpaired) electrons. The van der Waals surface area contributed by atoms with Gasteiger partial charge in [-0.25, -0.2) is 0 Å². The zero-order chi connectivity index (χ0) is 13.5. The molecule has 2 bridgehead atoms. The van der Waals surface area contributed by atoms with E-state index in [0.29, 0.717) is 24.0 Å². The summed E-state index contributed by atoms with van der Waals surface area (Å²) in [4.78, 5) is 0. The van der Waals surface area contributed by atoms with E-state index in [1.54, 1.807) is 0 Å². The highest BCUT2D eigenvalue weighted by Gasteiger charge is 2.57. The predicted molar refractivity (Wildman–Crippen MR) is 77.6 cm³/mol. The Kier molecular flexibility index (Phi) is 3.40. The molecule has 0 aromatic heterocycles. The molecule has 3 aliphatic rings. The average Bonchev–Trinajstić information content (AvgIpc) is 2.45. The molecule has 3 fully saturated rings. The van der Waals surface area contributed by atoms with Gasteiger partial charge in [-0.3, -0.25) is 0 Å². The predicted octanol–water partition coefficient (Wildman–Crippen LogP) is 2.82. The van der Waals surface area contributed by atoms with Gasteiger partial charge in [-0.2, -0.15) is 0 Å². The summed E-state index contributed by atoms with van der Waals surface area (Å²) in [5.74, 6) is 2.00. The lowest BCUT2D eigenvalue weighted by atomic mass is 9.45. The average molecular weight is 259 g/mol. The second-order valence-electron chi connectivity index (χ2n) is 6.93. The minimum atomic E-state index is 0.329. The smallest absolute Gasteiger partial charge is 0.0474 e. The van der Waals surface area contributed by atoms with Crippen molar-refractivity contribution in [1.82, 2.24) is 5.32 Å². The molecule has 0 aliphatic heterocycles. The van der Waals surface area contributed by atoms with Crippen LogP contribution in [0.4, 0.5) is 0 Å². The maximum Gasteiger partial charge on any atom is 0.0474 e. The van der Waals surface area contributed by atoms with Gasteiger partial charge in [0.15, 0.2) is 0 Å². The summed E-state index contributed by atoms with van der Waals surface area (Å²) in [5, 5.41) is 13.3. The Hall–Kier alpha value is -0.860. The highest BCUT2D eigenvalue weighted by molar-refractivity contribution is 5.15. The molecule has 2 nitrogen and oxygen atoms in total. The third-order valence-corrected chi connectivity index (χ3v) is 5.69. The first-order valence-corrected chi connectivity index (χ1v) is 7.51. The summed E-state index contributed by atoms with van der Waals surface area (Å²) in [6, 6.07) is 11.0. The molecule has 4 atom stereocenters. The van der Waals surface area contributed by atoms with Gasteiger partial charge in [0.05, 0.1) is 0 Å². The fourth-order valence-electron chi connectivity index (χ4n) is 4.23. The van der Waals surface area contributed by atoms with Crippen LogP contribution in [0.3, 0.4) is 0 Å². The summed E-state index contributed by atoms with van der Waals surface area (Å²) in [6.45, 7) is 6.04. The standard InChI is InChI=1S/C17H25NO/c1-17(2)14-8-13(11-19)16(15(17)9-14)18-10-12-6-4-3-5-7-12/h3-7,13-16,18-19H,8-11H2,1-2H3/t13-,14+,15+,16+/m1/s1. The van der Waals surface area contributed by atoms with Crippen molar-refractivity contribution in [2.75, 3.05) is 6.61 Å². The van der Waals surface area contributed by atoms with E-state index in [-0.39, 0.29) is 0 Å². The Morgan fingerprint density at radius 3 is 2.58 bits per heavy atom. The molecule has 4 rings (SSSR count). The molecule has 3 saturated carbocycles. The molecule has 2 N–H and O–H groups in total. The SMILES string of the molecule is CC1(C)[C@H]2C[C@H](CO)[C@H](NCc3ccccc3)[C@@H]1C2. The Morgan fingerprint density at radius 1 is 1.21 bits per heavy atom. The van der Waals surface area contributed by atoms with Crippen LogP contribution in [0, 0.1) is 23.2 Å². The van der Waals surface area contributed by atoms with Gasteiger partial charge < -0.3 is 10.4 Å². The molecular weight excluding hydrogens is 234 g/mol. The van der Waals surface area contributed by atoms with Crippen molar-refractivity contribution < 1.29 is 5.11 Å². The molecule has 0 unspecified atom stereocenters. The van der Waals surface area contributed by atoms with E-state index < -0.39 is 0 Å². The van der Waals surface area contributed by atoms with Crippen LogP contribution < -0.4 is 5.32 Å². The summed E-state index contributed by atoms with van der Waals surface area (Å²) in [5.41, 5.74) is 1.79. The number of fused-ring (bicyclic) bond motifs is 2. The Morgan fingerprint density at radius 2 is 1.95 bits per heavy atom. The third-order valence-electron chi connectivity index (χ3n) is 5.69. The molecule has 1 aromatic rings. The van der Waals surface area contributed by atoms with Gasteiger partial charge in [-0.05, 0) is 41.6 Å². The van der Waals surface area contributed by atoms with Gasteiger partial charge in [0.25, 0.3) is 0 Å². The Labute approximate surface area is 116 Å². The molecule has 1 aromatic carbocycles. The number of nitrogens with one attached hydrogen (secondary N) is 1. The monoisotopic (exact) mass is 259 g/mol. The van der Waals surface area contributed by atoms with Crippen molar-refractivity contribution in [3.63, 3.8) is 0 Å². The second-order valence-corrected chi connectivity index (χ2v) is 6.93. The number of benzene rings is 1. The first-order chi connectivity index (χ1) is 9.13. The zero-order valence-corrected chi connectivity index (χ0v) is 12.0. The summed E-state index contributed by atoms with van der Waals surface area (Å²) in [6.07, 6.45) is 2.53. The third kappa shape index (κ3) is 2.21. The van der Waals surface area contributed by atoms with Crippen molar-refractivity contribution in [3.05, 3.63) is 35.9 Å². The van der Waals surface area contributed by atoms with Crippen LogP contribution >= 0.6 is 0 Å². The van der Waals surface area contributed by atoms with Gasteiger partial charge >= 0.3 is 0 Å². The quantitative estimate of drug-likeness (QED) is 0.871. The number of aliphatic hydroxyl groups is 1. The van der Waals surface area contributed by atoms with Crippen molar-refractivity contribution in [2.24, 2.45) is 23.2 Å². The molecule has 0 amide bonds. The zero-order valence-electron chi connectivity index (χ0n) is 12.0. The summed E-state index contributed by atoms with van der Waals surface area (Å²) >= 11 is 0. The molecule has 0 heterocycles. The molecule has 0 spiro atoms. The number of hydrogen-bond donors (Lipinski definition) is 2. The molecule has 104 valence electrons. The van der Waals surface area contributed by atoms with Crippen LogP contribution in [-0.2, 0) is 6.54 Å². The topological polar surface area (TPSA) is 32.3 Å². The maximum absolute atomic E-state index is 9.63. The minimum absolute atomic E-state index is 0.329. The normalized spacial score (nSPS) is 35.7. The Balaban J connectivity index is 1.67. The van der Waals surface area contributed by atoms with Crippen LogP contribution in [0.25, 0.3) is 0 Å². The maximum atomic E-state index is 9.63. The first-order valence-electron chi connectivity index (χ1n) is 7.51. The van der Waals surface area contributed by atoms with Gasteiger partial charge in [0.1, 0.15) is 0 Å². The van der Waals surface area contributed by atoms with E-state index >= 15 is 0 Å². The van der Waals surface area contributed by atoms with Crippen LogP contribution in [-0.4, -0.2) is 17.8 Å². The van der Waals surface area contributed by atoms with Crippen molar-refractivity contribution in [3.8, 4) is 0 Å². The summed E-state index contributed by atoms with van der Waals surface area (Å²) < 4.78 is 0. The molecule has 19 heavy (non-hydrogen) atoms. The van der Waals surface area contributed by atoms with E-state index in [2.05, 4.69) is 49.5 Å². The summed E-state index contributed by atoms with van der Waals surface area (Å²) in [7, 11) is 0. The molecule has 0 saturated heterocycles. The van der Waals surface area contributed by atoms with Crippen LogP contribution in [0.2, 0.25) is 0 Å². The van der Waals surface area contributed by atoms with Crippen molar-refractivity contribution in [2.45, 2.75) is 39.3 Å². The molecule has 3 aliphatic carbocycles. The highest BCUT2D eigenvalue weighted by Crippen LogP contribution is 2.60. The molecule has 2 heteroatoms. The fraction of sp³-hybridized carbons (Fsp3) is 0.647. The van der Waals surface area contributed by atoms with E-state index in [9.17, 15) is 5.11 Å². The number of rotatable bonds is 4. The Bertz CT molecular complexity index is 428. The van der Waals surface area contributed by atoms with Gasteiger partial charge in [-0.1, -0.05) is 44.2 Å². The van der Waals surface area contributed by atoms with Gasteiger partial charge in [-0.15, -0.1) is 0 Å².